The van der Waals surface area contributed by atoms with E-state index in [1.807, 2.05) is 0 Å². The molecule has 0 aliphatic heterocycles. The Balaban J connectivity index is 1.99. The molecule has 2 fully saturated rings. The first-order valence-electron chi connectivity index (χ1n) is 6.32. The topological polar surface area (TPSA) is 9.23 Å². The van der Waals surface area contributed by atoms with E-state index in [2.05, 4.69) is 20.8 Å². The highest BCUT2D eigenvalue weighted by molar-refractivity contribution is 4.88. The minimum Gasteiger partial charge on any atom is -0.375 e. The van der Waals surface area contributed by atoms with Crippen molar-refractivity contribution in [3.05, 3.63) is 0 Å². The number of ether oxygens (including phenoxy) is 1. The Hall–Kier alpha value is -0.0400. The van der Waals surface area contributed by atoms with Gasteiger partial charge in [0, 0.05) is 0 Å². The van der Waals surface area contributed by atoms with Crippen LogP contribution in [0.15, 0.2) is 0 Å². The zero-order chi connectivity index (χ0) is 10.1. The molecule has 14 heavy (non-hydrogen) atoms. The molecule has 0 N–H and O–H groups in total. The number of rotatable bonds is 2. The second kappa shape index (κ2) is 4.22. The van der Waals surface area contributed by atoms with Crippen LogP contribution in [0.2, 0.25) is 0 Å². The van der Waals surface area contributed by atoms with Gasteiger partial charge in [0.25, 0.3) is 0 Å². The van der Waals surface area contributed by atoms with Crippen molar-refractivity contribution in [2.24, 2.45) is 17.8 Å². The molecule has 0 heterocycles. The van der Waals surface area contributed by atoms with Gasteiger partial charge in [0.05, 0.1) is 12.2 Å². The van der Waals surface area contributed by atoms with E-state index in [1.54, 1.807) is 0 Å². The molecule has 82 valence electrons. The highest BCUT2D eigenvalue weighted by Gasteiger charge is 2.38. The Morgan fingerprint density at radius 1 is 1.14 bits per heavy atom. The summed E-state index contributed by atoms with van der Waals surface area (Å²) >= 11 is 0. The fourth-order valence-electron chi connectivity index (χ4n) is 3.53. The fourth-order valence-corrected chi connectivity index (χ4v) is 3.53. The predicted molar refractivity (Wildman–Crippen MR) is 59.2 cm³/mol. The quantitative estimate of drug-likeness (QED) is 0.655. The third-order valence-corrected chi connectivity index (χ3v) is 3.98. The highest BCUT2D eigenvalue weighted by atomic mass is 16.5. The van der Waals surface area contributed by atoms with Gasteiger partial charge in [0.2, 0.25) is 0 Å². The van der Waals surface area contributed by atoms with Crippen LogP contribution in [0.1, 0.15) is 52.9 Å². The lowest BCUT2D eigenvalue weighted by molar-refractivity contribution is -0.0955. The Kier molecular flexibility index (Phi) is 3.16. The van der Waals surface area contributed by atoms with Crippen LogP contribution in [0.3, 0.4) is 0 Å². The first-order valence-corrected chi connectivity index (χ1v) is 6.32. The molecule has 2 rings (SSSR count). The summed E-state index contributed by atoms with van der Waals surface area (Å²) in [5.41, 5.74) is 0. The minimum absolute atomic E-state index is 0.404. The molecular weight excluding hydrogens is 172 g/mol. The standard InChI is InChI=1S/C13H24O/c1-9(2)14-13-10(3)7-11-5-4-6-12(13)8-11/h9-13H,4-8H2,1-3H3. The average Bonchev–Trinajstić information content (AvgIpc) is 2.12. The predicted octanol–water partition coefficient (Wildman–Crippen LogP) is 3.63. The number of hydrogen-bond donors (Lipinski definition) is 0. The Bertz CT molecular complexity index is 186. The van der Waals surface area contributed by atoms with E-state index >= 15 is 0 Å². The van der Waals surface area contributed by atoms with Gasteiger partial charge in [-0.3, -0.25) is 0 Å². The molecule has 2 saturated carbocycles. The second-order valence-corrected chi connectivity index (χ2v) is 5.66. The second-order valence-electron chi connectivity index (χ2n) is 5.66. The zero-order valence-corrected chi connectivity index (χ0v) is 9.83. The van der Waals surface area contributed by atoms with Gasteiger partial charge in [-0.2, -0.15) is 0 Å². The van der Waals surface area contributed by atoms with Gasteiger partial charge in [-0.15, -0.1) is 0 Å². The molecule has 0 aromatic carbocycles. The minimum atomic E-state index is 0.404. The summed E-state index contributed by atoms with van der Waals surface area (Å²) in [6.07, 6.45) is 8.16. The van der Waals surface area contributed by atoms with Crippen molar-refractivity contribution in [3.63, 3.8) is 0 Å². The molecule has 4 unspecified atom stereocenters. The third-order valence-electron chi connectivity index (χ3n) is 3.98. The monoisotopic (exact) mass is 196 g/mol. The maximum absolute atomic E-state index is 6.09. The first-order chi connectivity index (χ1) is 6.66. The maximum Gasteiger partial charge on any atom is 0.0632 e. The molecular formula is C13H24O. The summed E-state index contributed by atoms with van der Waals surface area (Å²) in [6.45, 7) is 6.72. The van der Waals surface area contributed by atoms with Gasteiger partial charge in [-0.1, -0.05) is 19.8 Å². The van der Waals surface area contributed by atoms with Crippen LogP contribution in [0.4, 0.5) is 0 Å². The van der Waals surface area contributed by atoms with Crippen molar-refractivity contribution >= 4 is 0 Å². The molecule has 1 heteroatoms. The highest BCUT2D eigenvalue weighted by Crippen LogP contribution is 2.44. The number of hydrogen-bond acceptors (Lipinski definition) is 1. The van der Waals surface area contributed by atoms with Crippen LogP contribution in [-0.2, 0) is 4.74 Å². The van der Waals surface area contributed by atoms with Crippen molar-refractivity contribution in [1.29, 1.82) is 0 Å². The van der Waals surface area contributed by atoms with Crippen molar-refractivity contribution < 1.29 is 4.74 Å². The van der Waals surface area contributed by atoms with Gasteiger partial charge in [-0.25, -0.2) is 0 Å². The first kappa shape index (κ1) is 10.5. The molecule has 0 spiro atoms. The molecule has 0 amide bonds. The van der Waals surface area contributed by atoms with Crippen molar-refractivity contribution in [1.82, 2.24) is 0 Å². The fraction of sp³-hybridized carbons (Fsp3) is 1.00. The van der Waals surface area contributed by atoms with E-state index in [1.165, 1.54) is 32.1 Å². The SMILES string of the molecule is CC(C)OC1C(C)CC2CCCC1C2. The molecule has 4 atom stereocenters. The molecule has 0 aromatic rings. The summed E-state index contributed by atoms with van der Waals surface area (Å²) in [7, 11) is 0. The zero-order valence-electron chi connectivity index (χ0n) is 9.83. The Morgan fingerprint density at radius 2 is 1.93 bits per heavy atom. The summed E-state index contributed by atoms with van der Waals surface area (Å²) in [6, 6.07) is 0. The van der Waals surface area contributed by atoms with Gasteiger partial charge in [0.1, 0.15) is 0 Å². The van der Waals surface area contributed by atoms with Crippen LogP contribution >= 0.6 is 0 Å². The van der Waals surface area contributed by atoms with Crippen LogP contribution in [-0.4, -0.2) is 12.2 Å². The molecule has 1 nitrogen and oxygen atoms in total. The van der Waals surface area contributed by atoms with Crippen LogP contribution in [0.5, 0.6) is 0 Å². The molecule has 2 bridgehead atoms. The van der Waals surface area contributed by atoms with Gasteiger partial charge < -0.3 is 4.74 Å². The Labute approximate surface area is 88.2 Å². The van der Waals surface area contributed by atoms with Crippen molar-refractivity contribution in [2.75, 3.05) is 0 Å². The van der Waals surface area contributed by atoms with Gasteiger partial charge in [-0.05, 0) is 50.9 Å². The summed E-state index contributed by atoms with van der Waals surface area (Å²) in [5, 5.41) is 0. The molecule has 2 aliphatic carbocycles. The van der Waals surface area contributed by atoms with E-state index in [4.69, 9.17) is 4.74 Å². The summed E-state index contributed by atoms with van der Waals surface area (Å²) < 4.78 is 6.09. The van der Waals surface area contributed by atoms with Gasteiger partial charge >= 0.3 is 0 Å². The van der Waals surface area contributed by atoms with Crippen LogP contribution in [0, 0.1) is 17.8 Å². The largest absolute Gasteiger partial charge is 0.375 e. The van der Waals surface area contributed by atoms with E-state index in [-0.39, 0.29) is 0 Å². The lowest BCUT2D eigenvalue weighted by Crippen LogP contribution is -2.41. The molecule has 2 aliphatic rings. The molecule has 0 radical (unpaired) electrons. The lowest BCUT2D eigenvalue weighted by Gasteiger charge is -2.44. The summed E-state index contributed by atoms with van der Waals surface area (Å²) in [4.78, 5) is 0. The van der Waals surface area contributed by atoms with Crippen molar-refractivity contribution in [2.45, 2.75) is 65.1 Å². The Morgan fingerprint density at radius 3 is 2.64 bits per heavy atom. The van der Waals surface area contributed by atoms with Crippen molar-refractivity contribution in [3.8, 4) is 0 Å². The van der Waals surface area contributed by atoms with Crippen LogP contribution < -0.4 is 0 Å². The maximum atomic E-state index is 6.09. The van der Waals surface area contributed by atoms with E-state index in [0.29, 0.717) is 12.2 Å². The molecule has 0 aromatic heterocycles. The van der Waals surface area contributed by atoms with E-state index in [0.717, 1.165) is 17.8 Å². The third kappa shape index (κ3) is 2.13. The van der Waals surface area contributed by atoms with Gasteiger partial charge in [0.15, 0.2) is 0 Å². The smallest absolute Gasteiger partial charge is 0.0632 e. The van der Waals surface area contributed by atoms with Crippen LogP contribution in [0.25, 0.3) is 0 Å². The number of fused-ring (bicyclic) bond motifs is 2. The van der Waals surface area contributed by atoms with E-state index < -0.39 is 0 Å². The normalized spacial score (nSPS) is 42.9. The average molecular weight is 196 g/mol. The summed E-state index contributed by atoms with van der Waals surface area (Å²) in [5.74, 6) is 2.69. The lowest BCUT2D eigenvalue weighted by atomic mass is 9.67. The van der Waals surface area contributed by atoms with E-state index in [9.17, 15) is 0 Å². The molecule has 0 saturated heterocycles.